The highest BCUT2D eigenvalue weighted by Crippen LogP contribution is 2.10. The predicted molar refractivity (Wildman–Crippen MR) is 89.4 cm³/mol. The van der Waals surface area contributed by atoms with Crippen molar-refractivity contribution in [3.63, 3.8) is 0 Å². The first-order valence-corrected chi connectivity index (χ1v) is 8.18. The molecule has 0 spiro atoms. The summed E-state index contributed by atoms with van der Waals surface area (Å²) in [6.07, 6.45) is 2.85. The van der Waals surface area contributed by atoms with E-state index in [1.165, 1.54) is 0 Å². The first-order valence-electron chi connectivity index (χ1n) is 8.18. The lowest BCUT2D eigenvalue weighted by molar-refractivity contribution is -0.121. The average Bonchev–Trinajstić information content (AvgIpc) is 3.11. The van der Waals surface area contributed by atoms with Crippen molar-refractivity contribution >= 4 is 5.91 Å². The minimum Gasteiger partial charge on any atom is -0.383 e. The molecular weight excluding hydrogens is 308 g/mol. The Labute approximate surface area is 142 Å². The Balaban J connectivity index is 1.79. The maximum Gasteiger partial charge on any atom is 0.220 e. The van der Waals surface area contributed by atoms with Gasteiger partial charge in [-0.25, -0.2) is 0 Å². The maximum absolute atomic E-state index is 12.1. The van der Waals surface area contributed by atoms with E-state index in [2.05, 4.69) is 20.6 Å². The highest BCUT2D eigenvalue weighted by molar-refractivity contribution is 5.76. The Morgan fingerprint density at radius 3 is 2.83 bits per heavy atom. The lowest BCUT2D eigenvalue weighted by Gasteiger charge is -2.14. The van der Waals surface area contributed by atoms with E-state index in [0.717, 1.165) is 30.2 Å². The molecule has 8 heteroatoms. The van der Waals surface area contributed by atoms with Crippen LogP contribution in [-0.4, -0.2) is 44.2 Å². The minimum absolute atomic E-state index is 0.00493. The summed E-state index contributed by atoms with van der Waals surface area (Å²) in [5.74, 6) is 0.740. The number of amides is 1. The average molecular weight is 334 g/mol. The van der Waals surface area contributed by atoms with Crippen LogP contribution in [0.15, 0.2) is 12.4 Å². The van der Waals surface area contributed by atoms with Crippen molar-refractivity contribution in [2.45, 2.75) is 52.7 Å². The summed E-state index contributed by atoms with van der Waals surface area (Å²) in [7, 11) is 1.65. The molecule has 24 heavy (non-hydrogen) atoms. The van der Waals surface area contributed by atoms with E-state index in [1.807, 2.05) is 36.1 Å². The summed E-state index contributed by atoms with van der Waals surface area (Å²) in [6.45, 7) is 7.88. The van der Waals surface area contributed by atoms with Gasteiger partial charge in [0.15, 0.2) is 5.82 Å². The first-order chi connectivity index (χ1) is 11.5. The number of methoxy groups -OCH3 is 1. The summed E-state index contributed by atoms with van der Waals surface area (Å²) < 4.78 is 8.90. The summed E-state index contributed by atoms with van der Waals surface area (Å²) >= 11 is 0. The fraction of sp³-hybridized carbons (Fsp3) is 0.625. The Kier molecular flexibility index (Phi) is 6.48. The van der Waals surface area contributed by atoms with Crippen molar-refractivity contribution in [1.82, 2.24) is 29.9 Å². The van der Waals surface area contributed by atoms with Crippen LogP contribution in [0.3, 0.4) is 0 Å². The van der Waals surface area contributed by atoms with Gasteiger partial charge in [0.25, 0.3) is 0 Å². The zero-order valence-corrected chi connectivity index (χ0v) is 14.8. The number of aromatic nitrogens is 5. The molecule has 0 aliphatic heterocycles. The molecular formula is C16H26N6O2. The Hall–Kier alpha value is -2.22. The van der Waals surface area contributed by atoms with Gasteiger partial charge >= 0.3 is 0 Å². The normalized spacial score (nSPS) is 12.3. The van der Waals surface area contributed by atoms with Crippen molar-refractivity contribution in [3.8, 4) is 0 Å². The van der Waals surface area contributed by atoms with E-state index in [-0.39, 0.29) is 11.9 Å². The molecule has 0 saturated carbocycles. The van der Waals surface area contributed by atoms with Gasteiger partial charge in [0, 0.05) is 32.3 Å². The van der Waals surface area contributed by atoms with Crippen LogP contribution in [0.25, 0.3) is 0 Å². The van der Waals surface area contributed by atoms with E-state index < -0.39 is 0 Å². The summed E-state index contributed by atoms with van der Waals surface area (Å²) in [4.78, 5) is 12.1. The molecule has 0 fully saturated rings. The van der Waals surface area contributed by atoms with Crippen molar-refractivity contribution < 1.29 is 9.53 Å². The van der Waals surface area contributed by atoms with Crippen LogP contribution in [0.5, 0.6) is 0 Å². The van der Waals surface area contributed by atoms with Crippen LogP contribution in [0.4, 0.5) is 0 Å². The summed E-state index contributed by atoms with van der Waals surface area (Å²) in [5, 5.41) is 15.4. The Morgan fingerprint density at radius 1 is 1.38 bits per heavy atom. The Bertz CT molecular complexity index is 663. The fourth-order valence-corrected chi connectivity index (χ4v) is 2.63. The summed E-state index contributed by atoms with van der Waals surface area (Å²) in [5.41, 5.74) is 2.12. The molecule has 1 N–H and O–H groups in total. The topological polar surface area (TPSA) is 86.9 Å². The van der Waals surface area contributed by atoms with Gasteiger partial charge in [-0.2, -0.15) is 5.10 Å². The molecule has 1 amide bonds. The molecule has 1 atom stereocenters. The number of nitrogens with one attached hydrogen (secondary N) is 1. The number of aryl methyl sites for hydroxylation is 3. The quantitative estimate of drug-likeness (QED) is 0.749. The lowest BCUT2D eigenvalue weighted by Crippen LogP contribution is -2.29. The monoisotopic (exact) mass is 334 g/mol. The van der Waals surface area contributed by atoms with Gasteiger partial charge in [-0.05, 0) is 33.3 Å². The smallest absolute Gasteiger partial charge is 0.220 e. The first kappa shape index (κ1) is 18.1. The molecule has 0 saturated heterocycles. The number of rotatable bonds is 9. The van der Waals surface area contributed by atoms with E-state index in [4.69, 9.17) is 4.74 Å². The van der Waals surface area contributed by atoms with E-state index >= 15 is 0 Å². The number of carbonyl (C=O) groups is 1. The number of hydrogen-bond acceptors (Lipinski definition) is 5. The largest absolute Gasteiger partial charge is 0.383 e. The molecule has 0 radical (unpaired) electrons. The van der Waals surface area contributed by atoms with Gasteiger partial charge in [-0.15, -0.1) is 10.2 Å². The van der Waals surface area contributed by atoms with Crippen molar-refractivity contribution in [2.75, 3.05) is 13.7 Å². The number of ether oxygens (including phenoxy) is 1. The SMILES string of the molecule is COCCn1cnnc1[C@H](C)NC(=O)CCCn1nc(C)cc1C. The zero-order valence-electron chi connectivity index (χ0n) is 14.8. The molecule has 0 aliphatic carbocycles. The van der Waals surface area contributed by atoms with Crippen LogP contribution in [0, 0.1) is 13.8 Å². The molecule has 2 aromatic rings. The van der Waals surface area contributed by atoms with Gasteiger partial charge in [0.1, 0.15) is 6.33 Å². The van der Waals surface area contributed by atoms with E-state index in [9.17, 15) is 4.79 Å². The highest BCUT2D eigenvalue weighted by atomic mass is 16.5. The summed E-state index contributed by atoms with van der Waals surface area (Å²) in [6, 6.07) is 1.85. The molecule has 2 aromatic heterocycles. The number of carbonyl (C=O) groups excluding carboxylic acids is 1. The molecule has 2 heterocycles. The van der Waals surface area contributed by atoms with Crippen LogP contribution in [0.1, 0.15) is 43.0 Å². The van der Waals surface area contributed by atoms with Gasteiger partial charge < -0.3 is 14.6 Å². The predicted octanol–water partition coefficient (Wildman–Crippen LogP) is 1.40. The Morgan fingerprint density at radius 2 is 2.17 bits per heavy atom. The third-order valence-corrected chi connectivity index (χ3v) is 3.82. The maximum atomic E-state index is 12.1. The third-order valence-electron chi connectivity index (χ3n) is 3.82. The van der Waals surface area contributed by atoms with Gasteiger partial charge in [-0.3, -0.25) is 9.48 Å². The molecule has 132 valence electrons. The molecule has 2 rings (SSSR count). The fourth-order valence-electron chi connectivity index (χ4n) is 2.63. The van der Waals surface area contributed by atoms with Crippen LogP contribution in [0.2, 0.25) is 0 Å². The second-order valence-electron chi connectivity index (χ2n) is 5.92. The molecule has 0 unspecified atom stereocenters. The molecule has 0 bridgehead atoms. The number of hydrogen-bond donors (Lipinski definition) is 1. The van der Waals surface area contributed by atoms with Gasteiger partial charge in [-0.1, -0.05) is 0 Å². The van der Waals surface area contributed by atoms with E-state index in [1.54, 1.807) is 13.4 Å². The van der Waals surface area contributed by atoms with Crippen molar-refractivity contribution in [2.24, 2.45) is 0 Å². The second-order valence-corrected chi connectivity index (χ2v) is 5.92. The zero-order chi connectivity index (χ0) is 17.5. The molecule has 0 aliphatic rings. The lowest BCUT2D eigenvalue weighted by atomic mass is 10.2. The molecule has 0 aromatic carbocycles. The standard InChI is InChI=1S/C16H26N6O2/c1-12-10-13(2)22(20-12)7-5-6-15(23)18-14(3)16-19-17-11-21(16)8-9-24-4/h10-11,14H,5-9H2,1-4H3,(H,18,23)/t14-/m0/s1. The highest BCUT2D eigenvalue weighted by Gasteiger charge is 2.15. The molecule has 8 nitrogen and oxygen atoms in total. The van der Waals surface area contributed by atoms with Gasteiger partial charge in [0.2, 0.25) is 5.91 Å². The van der Waals surface area contributed by atoms with Crippen molar-refractivity contribution in [3.05, 3.63) is 29.6 Å². The van der Waals surface area contributed by atoms with Crippen LogP contribution < -0.4 is 5.32 Å². The second kappa shape index (κ2) is 8.58. The van der Waals surface area contributed by atoms with E-state index in [0.29, 0.717) is 19.6 Å². The number of nitrogens with zero attached hydrogens (tertiary/aromatic N) is 5. The van der Waals surface area contributed by atoms with Crippen LogP contribution in [-0.2, 0) is 22.6 Å². The van der Waals surface area contributed by atoms with Crippen LogP contribution >= 0.6 is 0 Å². The minimum atomic E-state index is -0.189. The van der Waals surface area contributed by atoms with Gasteiger partial charge in [0.05, 0.1) is 18.3 Å². The third kappa shape index (κ3) is 4.89. The van der Waals surface area contributed by atoms with Crippen molar-refractivity contribution in [1.29, 1.82) is 0 Å².